The monoisotopic (exact) mass is 503 g/mol. The molecule has 1 saturated heterocycles. The van der Waals surface area contributed by atoms with Crippen molar-refractivity contribution < 1.29 is 9.90 Å². The molecule has 9 atom stereocenters. The summed E-state index contributed by atoms with van der Waals surface area (Å²) in [4.78, 5) is 15.3. The number of aliphatic hydroxyl groups is 1. The molecule has 6 rings (SSSR count). The first-order valence-corrected chi connectivity index (χ1v) is 15.5. The van der Waals surface area contributed by atoms with Gasteiger partial charge in [0, 0.05) is 25.4 Å². The standard InChI is InChI=1S/C34H49NO2/c1-23(9-14-32(37)35-20-17-25(22-35)24-7-5-4-6-8-24)29-12-13-30-28-11-10-26-21-27(36)15-18-33(26,2)31(28)16-19-34(29,30)3/h4-8,10,23,25,27-31,36H,9,11-22H2,1-3H3/t23?,25-,27+,28+,29-,30+,31+,33+,34-/m1/s1. The van der Waals surface area contributed by atoms with Gasteiger partial charge in [0.25, 0.3) is 0 Å². The van der Waals surface area contributed by atoms with Gasteiger partial charge < -0.3 is 10.0 Å². The smallest absolute Gasteiger partial charge is 0.222 e. The van der Waals surface area contributed by atoms with E-state index in [1.54, 1.807) is 5.57 Å². The van der Waals surface area contributed by atoms with Crippen LogP contribution in [-0.4, -0.2) is 35.1 Å². The third kappa shape index (κ3) is 4.42. The quantitative estimate of drug-likeness (QED) is 0.427. The van der Waals surface area contributed by atoms with Gasteiger partial charge in [0.1, 0.15) is 0 Å². The molecule has 1 aromatic rings. The number of fused-ring (bicyclic) bond motifs is 5. The van der Waals surface area contributed by atoms with E-state index < -0.39 is 0 Å². The Morgan fingerprint density at radius 1 is 1.05 bits per heavy atom. The minimum absolute atomic E-state index is 0.117. The molecule has 4 fully saturated rings. The van der Waals surface area contributed by atoms with Gasteiger partial charge in [-0.2, -0.15) is 0 Å². The summed E-state index contributed by atoms with van der Waals surface area (Å²) in [5.74, 6) is 4.73. The van der Waals surface area contributed by atoms with Gasteiger partial charge in [0.2, 0.25) is 5.91 Å². The summed E-state index contributed by atoms with van der Waals surface area (Å²) in [6.07, 6.45) is 15.1. The van der Waals surface area contributed by atoms with Gasteiger partial charge in [0.15, 0.2) is 0 Å². The van der Waals surface area contributed by atoms with E-state index in [-0.39, 0.29) is 6.10 Å². The Hall–Kier alpha value is -1.61. The molecule has 1 heterocycles. The van der Waals surface area contributed by atoms with E-state index in [1.807, 2.05) is 0 Å². The number of hydrogen-bond acceptors (Lipinski definition) is 2. The second-order valence-electron chi connectivity index (χ2n) is 14.1. The van der Waals surface area contributed by atoms with Gasteiger partial charge in [-0.3, -0.25) is 4.79 Å². The van der Waals surface area contributed by atoms with Crippen LogP contribution in [0.5, 0.6) is 0 Å². The van der Waals surface area contributed by atoms with E-state index in [4.69, 9.17) is 0 Å². The zero-order valence-corrected chi connectivity index (χ0v) is 23.5. The lowest BCUT2D eigenvalue weighted by Crippen LogP contribution is -2.50. The second kappa shape index (κ2) is 9.85. The van der Waals surface area contributed by atoms with Gasteiger partial charge in [-0.05, 0) is 110 Å². The first kappa shape index (κ1) is 25.7. The predicted molar refractivity (Wildman–Crippen MR) is 150 cm³/mol. The van der Waals surface area contributed by atoms with E-state index in [0.29, 0.717) is 28.6 Å². The first-order chi connectivity index (χ1) is 17.8. The third-order valence-corrected chi connectivity index (χ3v) is 12.5. The van der Waals surface area contributed by atoms with Crippen LogP contribution in [0.4, 0.5) is 0 Å². The molecule has 3 nitrogen and oxygen atoms in total. The number of carbonyl (C=O) groups is 1. The SMILES string of the molecule is CC(CCC(=O)N1CC[C@@H](c2ccccc2)C1)[C@H]1CC[C@H]2[C@@H]3CC=C4C[C@@H](O)CC[C@]4(C)[C@H]3CC[C@]12C. The number of allylic oxidation sites excluding steroid dienone is 1. The van der Waals surface area contributed by atoms with Crippen LogP contribution < -0.4 is 0 Å². The van der Waals surface area contributed by atoms with Gasteiger partial charge in [-0.1, -0.05) is 62.8 Å². The fourth-order valence-corrected chi connectivity index (χ4v) is 10.3. The zero-order valence-electron chi connectivity index (χ0n) is 23.5. The van der Waals surface area contributed by atoms with Gasteiger partial charge >= 0.3 is 0 Å². The van der Waals surface area contributed by atoms with Crippen molar-refractivity contribution in [1.29, 1.82) is 0 Å². The molecule has 37 heavy (non-hydrogen) atoms. The topological polar surface area (TPSA) is 40.5 Å². The van der Waals surface area contributed by atoms with Crippen molar-refractivity contribution in [2.45, 2.75) is 103 Å². The summed E-state index contributed by atoms with van der Waals surface area (Å²) in [6.45, 7) is 9.43. The summed E-state index contributed by atoms with van der Waals surface area (Å²) in [5, 5.41) is 10.3. The van der Waals surface area contributed by atoms with Crippen molar-refractivity contribution in [3.05, 3.63) is 47.5 Å². The van der Waals surface area contributed by atoms with Gasteiger partial charge in [-0.25, -0.2) is 0 Å². The molecule has 0 radical (unpaired) electrons. The van der Waals surface area contributed by atoms with E-state index in [9.17, 15) is 9.90 Å². The van der Waals surface area contributed by atoms with E-state index in [2.05, 4.69) is 62.1 Å². The lowest BCUT2D eigenvalue weighted by molar-refractivity contribution is -0.130. The van der Waals surface area contributed by atoms with Crippen molar-refractivity contribution in [1.82, 2.24) is 4.90 Å². The van der Waals surface area contributed by atoms with Crippen LogP contribution in [0.15, 0.2) is 42.0 Å². The maximum atomic E-state index is 13.2. The molecule has 4 aliphatic carbocycles. The minimum atomic E-state index is -0.117. The number of likely N-dealkylation sites (tertiary alicyclic amines) is 1. The minimum Gasteiger partial charge on any atom is -0.393 e. The third-order valence-electron chi connectivity index (χ3n) is 12.5. The number of nitrogens with zero attached hydrogens (tertiary/aromatic N) is 1. The number of rotatable bonds is 5. The average Bonchev–Trinajstić information content (AvgIpc) is 3.53. The normalized spacial score (nSPS) is 41.9. The highest BCUT2D eigenvalue weighted by Crippen LogP contribution is 2.67. The fraction of sp³-hybridized carbons (Fsp3) is 0.735. The Kier molecular flexibility index (Phi) is 6.83. The van der Waals surface area contributed by atoms with Crippen LogP contribution in [0, 0.1) is 40.4 Å². The van der Waals surface area contributed by atoms with Crippen molar-refractivity contribution >= 4 is 5.91 Å². The molecule has 0 bridgehead atoms. The van der Waals surface area contributed by atoms with Crippen molar-refractivity contribution in [3.63, 3.8) is 0 Å². The number of amides is 1. The molecule has 1 aliphatic heterocycles. The van der Waals surface area contributed by atoms with Crippen LogP contribution in [0.25, 0.3) is 0 Å². The highest BCUT2D eigenvalue weighted by Gasteiger charge is 2.59. The molecule has 0 spiro atoms. The zero-order chi connectivity index (χ0) is 25.8. The molecule has 1 aromatic carbocycles. The molecule has 5 aliphatic rings. The number of carbonyl (C=O) groups excluding carboxylic acids is 1. The predicted octanol–water partition coefficient (Wildman–Crippen LogP) is 7.36. The van der Waals surface area contributed by atoms with Crippen molar-refractivity contribution in [2.24, 2.45) is 40.4 Å². The summed E-state index contributed by atoms with van der Waals surface area (Å²) >= 11 is 0. The van der Waals surface area contributed by atoms with Crippen LogP contribution in [-0.2, 0) is 4.79 Å². The first-order valence-electron chi connectivity index (χ1n) is 15.5. The van der Waals surface area contributed by atoms with Crippen LogP contribution in [0.1, 0.15) is 103 Å². The lowest BCUT2D eigenvalue weighted by Gasteiger charge is -2.58. The summed E-state index contributed by atoms with van der Waals surface area (Å²) < 4.78 is 0. The Bertz CT molecular complexity index is 1020. The van der Waals surface area contributed by atoms with E-state index >= 15 is 0 Å². The van der Waals surface area contributed by atoms with Gasteiger partial charge in [0.05, 0.1) is 6.10 Å². The van der Waals surface area contributed by atoms with Crippen LogP contribution >= 0.6 is 0 Å². The molecule has 3 saturated carbocycles. The number of aliphatic hydroxyl groups excluding tert-OH is 1. The maximum absolute atomic E-state index is 13.2. The molecule has 0 aromatic heterocycles. The molecule has 1 N–H and O–H groups in total. The summed E-state index contributed by atoms with van der Waals surface area (Å²) in [5.41, 5.74) is 3.72. The van der Waals surface area contributed by atoms with Crippen LogP contribution in [0.3, 0.4) is 0 Å². The second-order valence-corrected chi connectivity index (χ2v) is 14.1. The number of hydrogen-bond donors (Lipinski definition) is 1. The highest BCUT2D eigenvalue weighted by molar-refractivity contribution is 5.76. The highest BCUT2D eigenvalue weighted by atomic mass is 16.3. The molecular weight excluding hydrogens is 454 g/mol. The molecule has 202 valence electrons. The summed E-state index contributed by atoms with van der Waals surface area (Å²) in [6, 6.07) is 10.7. The maximum Gasteiger partial charge on any atom is 0.222 e. The Morgan fingerprint density at radius 2 is 1.86 bits per heavy atom. The van der Waals surface area contributed by atoms with Crippen molar-refractivity contribution in [3.8, 4) is 0 Å². The number of benzene rings is 1. The van der Waals surface area contributed by atoms with E-state index in [0.717, 1.165) is 68.9 Å². The van der Waals surface area contributed by atoms with Gasteiger partial charge in [-0.15, -0.1) is 0 Å². The van der Waals surface area contributed by atoms with E-state index in [1.165, 1.54) is 44.1 Å². The average molecular weight is 504 g/mol. The lowest BCUT2D eigenvalue weighted by atomic mass is 9.47. The molecule has 3 heteroatoms. The molecule has 1 unspecified atom stereocenters. The van der Waals surface area contributed by atoms with Crippen LogP contribution in [0.2, 0.25) is 0 Å². The molecule has 1 amide bonds. The summed E-state index contributed by atoms with van der Waals surface area (Å²) in [7, 11) is 0. The Labute approximate surface area is 225 Å². The Morgan fingerprint density at radius 3 is 2.68 bits per heavy atom. The van der Waals surface area contributed by atoms with Crippen molar-refractivity contribution in [2.75, 3.05) is 13.1 Å². The molecular formula is C34H49NO2. The Balaban J connectivity index is 1.07. The largest absolute Gasteiger partial charge is 0.393 e. The fourth-order valence-electron chi connectivity index (χ4n) is 10.3.